The molecule has 2 heterocycles. The van der Waals surface area contributed by atoms with Crippen molar-refractivity contribution < 1.29 is 9.90 Å². The second-order valence-electron chi connectivity index (χ2n) is 3.68. The molecule has 84 valence electrons. The molecule has 1 N–H and O–H groups in total. The molecule has 0 fully saturated rings. The number of hydrogen-bond donors (Lipinski definition) is 1. The molecule has 0 radical (unpaired) electrons. The summed E-state index contributed by atoms with van der Waals surface area (Å²) in [6, 6.07) is 0. The highest BCUT2D eigenvalue weighted by atomic mass is 16.4. The number of carboxylic acid groups (broad SMARTS) is 1. The highest BCUT2D eigenvalue weighted by molar-refractivity contribution is 5.70. The van der Waals surface area contributed by atoms with Crippen LogP contribution < -0.4 is 0 Å². The third-order valence-corrected chi connectivity index (χ3v) is 2.61. The molecule has 0 saturated heterocycles. The van der Waals surface area contributed by atoms with Crippen LogP contribution in [0.2, 0.25) is 0 Å². The Bertz CT molecular complexity index is 545. The summed E-state index contributed by atoms with van der Waals surface area (Å²) in [5.41, 5.74) is 3.30. The van der Waals surface area contributed by atoms with Crippen LogP contribution in [0.3, 0.4) is 0 Å². The van der Waals surface area contributed by atoms with Gasteiger partial charge in [0.05, 0.1) is 17.8 Å². The van der Waals surface area contributed by atoms with Crippen LogP contribution in [0, 0.1) is 6.92 Å². The van der Waals surface area contributed by atoms with Crippen LogP contribution in [-0.4, -0.2) is 25.4 Å². The third kappa shape index (κ3) is 1.64. The molecule has 0 aromatic carbocycles. The Morgan fingerprint density at radius 2 is 2.31 bits per heavy atom. The molecule has 16 heavy (non-hydrogen) atoms. The second kappa shape index (κ2) is 3.92. The summed E-state index contributed by atoms with van der Waals surface area (Å²) in [6.45, 7) is 3.85. The molecule has 5 nitrogen and oxygen atoms in total. The van der Waals surface area contributed by atoms with Gasteiger partial charge in [0.15, 0.2) is 0 Å². The van der Waals surface area contributed by atoms with Gasteiger partial charge in [-0.3, -0.25) is 9.20 Å². The lowest BCUT2D eigenvalue weighted by Gasteiger charge is -2.01. The zero-order valence-electron chi connectivity index (χ0n) is 9.27. The Hall–Kier alpha value is -1.91. The van der Waals surface area contributed by atoms with Gasteiger partial charge in [-0.15, -0.1) is 0 Å². The first-order chi connectivity index (χ1) is 7.63. The molecule has 2 rings (SSSR count). The fraction of sp³-hybridized carbons (Fsp3) is 0.364. The molecule has 0 atom stereocenters. The number of rotatable bonds is 3. The largest absolute Gasteiger partial charge is 0.481 e. The Balaban J connectivity index is 2.66. The molecule has 0 aliphatic rings. The number of aliphatic carboxylic acids is 1. The van der Waals surface area contributed by atoms with E-state index in [2.05, 4.69) is 9.97 Å². The van der Waals surface area contributed by atoms with E-state index < -0.39 is 5.97 Å². The van der Waals surface area contributed by atoms with E-state index in [0.717, 1.165) is 23.3 Å². The summed E-state index contributed by atoms with van der Waals surface area (Å²) in [4.78, 5) is 19.2. The fourth-order valence-electron chi connectivity index (χ4n) is 1.78. The fourth-order valence-corrected chi connectivity index (χ4v) is 1.78. The van der Waals surface area contributed by atoms with E-state index in [1.165, 1.54) is 0 Å². The first-order valence-electron chi connectivity index (χ1n) is 5.15. The second-order valence-corrected chi connectivity index (χ2v) is 3.68. The number of imidazole rings is 1. The van der Waals surface area contributed by atoms with E-state index in [9.17, 15) is 4.79 Å². The van der Waals surface area contributed by atoms with Crippen LogP contribution >= 0.6 is 0 Å². The van der Waals surface area contributed by atoms with E-state index in [0.29, 0.717) is 5.69 Å². The minimum absolute atomic E-state index is 0.0259. The number of hydrogen-bond acceptors (Lipinski definition) is 3. The maximum Gasteiger partial charge on any atom is 0.309 e. The molecule has 0 amide bonds. The van der Waals surface area contributed by atoms with Crippen LogP contribution in [0.4, 0.5) is 0 Å². The zero-order valence-corrected chi connectivity index (χ0v) is 9.27. The predicted molar refractivity (Wildman–Crippen MR) is 58.4 cm³/mol. The topological polar surface area (TPSA) is 67.5 Å². The average Bonchev–Trinajstić information content (AvgIpc) is 2.55. The minimum atomic E-state index is -0.855. The monoisotopic (exact) mass is 219 g/mol. The first-order valence-corrected chi connectivity index (χ1v) is 5.15. The summed E-state index contributed by atoms with van der Waals surface area (Å²) < 4.78 is 1.77. The molecule has 0 saturated carbocycles. The van der Waals surface area contributed by atoms with Gasteiger partial charge < -0.3 is 5.11 Å². The van der Waals surface area contributed by atoms with Crippen molar-refractivity contribution in [1.29, 1.82) is 0 Å². The molecule has 0 aliphatic heterocycles. The zero-order chi connectivity index (χ0) is 11.7. The van der Waals surface area contributed by atoms with Crippen molar-refractivity contribution in [2.24, 2.45) is 0 Å². The summed E-state index contributed by atoms with van der Waals surface area (Å²) in [7, 11) is 0. The number of aromatic nitrogens is 3. The van der Waals surface area contributed by atoms with Crippen molar-refractivity contribution in [1.82, 2.24) is 14.4 Å². The molecule has 0 unspecified atom stereocenters. The number of carbonyl (C=O) groups is 1. The maximum absolute atomic E-state index is 10.8. The molecule has 0 bridgehead atoms. The van der Waals surface area contributed by atoms with E-state index in [-0.39, 0.29) is 6.42 Å². The smallest absolute Gasteiger partial charge is 0.309 e. The Labute approximate surface area is 92.8 Å². The van der Waals surface area contributed by atoms with Crippen molar-refractivity contribution in [3.05, 3.63) is 29.5 Å². The average molecular weight is 219 g/mol. The van der Waals surface area contributed by atoms with Crippen LogP contribution in [0.25, 0.3) is 5.65 Å². The Morgan fingerprint density at radius 3 is 2.94 bits per heavy atom. The normalized spacial score (nSPS) is 10.9. The van der Waals surface area contributed by atoms with Gasteiger partial charge >= 0.3 is 5.97 Å². The van der Waals surface area contributed by atoms with Gasteiger partial charge in [-0.25, -0.2) is 9.97 Å². The lowest BCUT2D eigenvalue weighted by atomic mass is 10.2. The van der Waals surface area contributed by atoms with Crippen molar-refractivity contribution in [3.63, 3.8) is 0 Å². The molecule has 2 aromatic heterocycles. The van der Waals surface area contributed by atoms with E-state index >= 15 is 0 Å². The molecule has 2 aromatic rings. The van der Waals surface area contributed by atoms with E-state index in [1.54, 1.807) is 16.9 Å². The van der Waals surface area contributed by atoms with Gasteiger partial charge in [0.2, 0.25) is 0 Å². The van der Waals surface area contributed by atoms with Gasteiger partial charge in [0, 0.05) is 11.8 Å². The minimum Gasteiger partial charge on any atom is -0.481 e. The molecular weight excluding hydrogens is 206 g/mol. The van der Waals surface area contributed by atoms with Crippen molar-refractivity contribution >= 4 is 11.6 Å². The van der Waals surface area contributed by atoms with Gasteiger partial charge in [-0.2, -0.15) is 0 Å². The van der Waals surface area contributed by atoms with Crippen LogP contribution in [0.1, 0.15) is 23.9 Å². The number of fused-ring (bicyclic) bond motifs is 1. The number of carboxylic acids is 1. The van der Waals surface area contributed by atoms with Crippen molar-refractivity contribution in [2.75, 3.05) is 0 Å². The van der Waals surface area contributed by atoms with Crippen molar-refractivity contribution in [3.8, 4) is 0 Å². The third-order valence-electron chi connectivity index (χ3n) is 2.61. The number of nitrogens with zero attached hydrogens (tertiary/aromatic N) is 3. The Morgan fingerprint density at radius 1 is 1.56 bits per heavy atom. The standard InChI is InChI=1S/C11H13N3O2/c1-3-8-5-12-6-14-9(4-10(15)16)7(2)13-11(8)14/h5-6H,3-4H2,1-2H3,(H,15,16). The summed E-state index contributed by atoms with van der Waals surface area (Å²) >= 11 is 0. The van der Waals surface area contributed by atoms with Crippen molar-refractivity contribution in [2.45, 2.75) is 26.7 Å². The van der Waals surface area contributed by atoms with Crippen LogP contribution in [0.15, 0.2) is 12.5 Å². The van der Waals surface area contributed by atoms with Gasteiger partial charge in [0.25, 0.3) is 0 Å². The number of aryl methyl sites for hydroxylation is 2. The highest BCUT2D eigenvalue weighted by Gasteiger charge is 2.13. The van der Waals surface area contributed by atoms with E-state index in [4.69, 9.17) is 5.11 Å². The maximum atomic E-state index is 10.8. The lowest BCUT2D eigenvalue weighted by molar-refractivity contribution is -0.136. The quantitative estimate of drug-likeness (QED) is 0.843. The summed E-state index contributed by atoms with van der Waals surface area (Å²) in [6.07, 6.45) is 4.20. The van der Waals surface area contributed by atoms with Crippen LogP contribution in [-0.2, 0) is 17.6 Å². The highest BCUT2D eigenvalue weighted by Crippen LogP contribution is 2.15. The van der Waals surface area contributed by atoms with Gasteiger partial charge in [-0.05, 0) is 13.3 Å². The lowest BCUT2D eigenvalue weighted by Crippen LogP contribution is -2.05. The summed E-state index contributed by atoms with van der Waals surface area (Å²) in [5, 5.41) is 8.83. The predicted octanol–water partition coefficient (Wildman–Crippen LogP) is 1.23. The Kier molecular flexibility index (Phi) is 2.60. The first kappa shape index (κ1) is 10.6. The van der Waals surface area contributed by atoms with Gasteiger partial charge in [0.1, 0.15) is 12.0 Å². The van der Waals surface area contributed by atoms with E-state index in [1.807, 2.05) is 13.8 Å². The molecule has 0 spiro atoms. The van der Waals surface area contributed by atoms with Gasteiger partial charge in [-0.1, -0.05) is 6.92 Å². The summed E-state index contributed by atoms with van der Waals surface area (Å²) in [5.74, 6) is -0.855. The molecular formula is C11H13N3O2. The SMILES string of the molecule is CCc1cncn2c(CC(=O)O)c(C)nc12. The molecule has 5 heteroatoms. The van der Waals surface area contributed by atoms with Crippen LogP contribution in [0.5, 0.6) is 0 Å². The molecule has 0 aliphatic carbocycles.